The van der Waals surface area contributed by atoms with Crippen molar-refractivity contribution in [3.63, 3.8) is 0 Å². The van der Waals surface area contributed by atoms with Gasteiger partial charge in [0.25, 0.3) is 0 Å². The first-order chi connectivity index (χ1) is 5.52. The maximum absolute atomic E-state index is 9.34. The summed E-state index contributed by atoms with van der Waals surface area (Å²) in [7, 11) is 0. The third-order valence-electron chi connectivity index (χ3n) is 1.51. The van der Waals surface area contributed by atoms with Crippen LogP contribution in [0.25, 0.3) is 0 Å². The molecule has 0 aliphatic rings. The lowest BCUT2D eigenvalue weighted by atomic mass is 10.1. The van der Waals surface area contributed by atoms with Crippen molar-refractivity contribution in [1.82, 2.24) is 0 Å². The molecule has 2 N–H and O–H groups in total. The molecule has 66 valence electrons. The highest BCUT2D eigenvalue weighted by Crippen LogP contribution is 2.34. The Bertz CT molecular complexity index is 297. The molecule has 1 rings (SSSR count). The normalized spacial score (nSPS) is 13.0. The van der Waals surface area contributed by atoms with Crippen molar-refractivity contribution in [1.29, 1.82) is 0 Å². The molecule has 12 heavy (non-hydrogen) atoms. The molecule has 0 saturated heterocycles. The lowest BCUT2D eigenvalue weighted by molar-refractivity contribution is 0.195. The summed E-state index contributed by atoms with van der Waals surface area (Å²) in [5, 5.41) is 19.1. The number of aromatic hydroxyl groups is 1. The van der Waals surface area contributed by atoms with Crippen LogP contribution in [0.4, 0.5) is 0 Å². The second-order valence-electron chi connectivity index (χ2n) is 2.50. The van der Waals surface area contributed by atoms with Gasteiger partial charge in [0, 0.05) is 10.6 Å². The molecule has 4 heteroatoms. The fourth-order valence-electron chi connectivity index (χ4n) is 0.904. The first kappa shape index (κ1) is 9.65. The third kappa shape index (κ3) is 1.83. The number of benzene rings is 1. The van der Waals surface area contributed by atoms with Crippen molar-refractivity contribution in [3.8, 4) is 5.75 Å². The molecular formula is C8H8Cl2O2. The first-order valence-corrected chi connectivity index (χ1v) is 4.14. The van der Waals surface area contributed by atoms with E-state index < -0.39 is 6.10 Å². The minimum atomic E-state index is -0.777. The van der Waals surface area contributed by atoms with Gasteiger partial charge in [-0.2, -0.15) is 0 Å². The fourth-order valence-corrected chi connectivity index (χ4v) is 1.41. The Morgan fingerprint density at radius 1 is 1.33 bits per heavy atom. The van der Waals surface area contributed by atoms with E-state index in [9.17, 15) is 10.2 Å². The predicted molar refractivity (Wildman–Crippen MR) is 48.8 cm³/mol. The molecule has 0 aliphatic heterocycles. The van der Waals surface area contributed by atoms with E-state index in [-0.39, 0.29) is 10.8 Å². The highest BCUT2D eigenvalue weighted by Gasteiger charge is 2.11. The summed E-state index contributed by atoms with van der Waals surface area (Å²) in [5.41, 5.74) is 0.340. The summed E-state index contributed by atoms with van der Waals surface area (Å²) in [6.45, 7) is 1.53. The topological polar surface area (TPSA) is 40.5 Å². The molecule has 1 unspecified atom stereocenters. The Balaban J connectivity index is 3.28. The quantitative estimate of drug-likeness (QED) is 0.743. The molecule has 0 amide bonds. The van der Waals surface area contributed by atoms with Crippen molar-refractivity contribution >= 4 is 23.2 Å². The van der Waals surface area contributed by atoms with Crippen LogP contribution in [0.2, 0.25) is 10.0 Å². The van der Waals surface area contributed by atoms with Crippen LogP contribution in [0.3, 0.4) is 0 Å². The highest BCUT2D eigenvalue weighted by atomic mass is 35.5. The van der Waals surface area contributed by atoms with E-state index in [1.54, 1.807) is 0 Å². The average molecular weight is 207 g/mol. The van der Waals surface area contributed by atoms with Gasteiger partial charge in [-0.1, -0.05) is 23.2 Å². The third-order valence-corrected chi connectivity index (χ3v) is 2.01. The van der Waals surface area contributed by atoms with E-state index in [1.165, 1.54) is 19.1 Å². The number of phenols is 1. The Morgan fingerprint density at radius 2 is 1.92 bits per heavy atom. The van der Waals surface area contributed by atoms with Crippen molar-refractivity contribution in [2.75, 3.05) is 0 Å². The minimum absolute atomic E-state index is 0.115. The second kappa shape index (κ2) is 3.52. The van der Waals surface area contributed by atoms with Gasteiger partial charge in [-0.05, 0) is 19.1 Å². The Labute approximate surface area is 80.4 Å². The van der Waals surface area contributed by atoms with E-state index in [0.29, 0.717) is 10.6 Å². The average Bonchev–Trinajstić information content (AvgIpc) is 1.96. The fraction of sp³-hybridized carbons (Fsp3) is 0.250. The molecule has 1 atom stereocenters. The number of hydrogen-bond donors (Lipinski definition) is 2. The Kier molecular flexibility index (Phi) is 2.83. The molecule has 0 heterocycles. The summed E-state index contributed by atoms with van der Waals surface area (Å²) >= 11 is 11.3. The zero-order valence-electron chi connectivity index (χ0n) is 6.38. The van der Waals surface area contributed by atoms with Crippen molar-refractivity contribution in [3.05, 3.63) is 27.7 Å². The smallest absolute Gasteiger partial charge is 0.140 e. The minimum Gasteiger partial charge on any atom is -0.506 e. The van der Waals surface area contributed by atoms with E-state index in [1.807, 2.05) is 0 Å². The molecule has 0 spiro atoms. The number of aliphatic hydroxyl groups is 1. The molecule has 0 radical (unpaired) electrons. The van der Waals surface area contributed by atoms with Crippen LogP contribution in [-0.2, 0) is 0 Å². The monoisotopic (exact) mass is 206 g/mol. The van der Waals surface area contributed by atoms with Crippen LogP contribution in [0, 0.1) is 0 Å². The number of halogens is 2. The standard InChI is InChI=1S/C8H8Cl2O2/c1-4(11)6-2-5(9)3-7(10)8(6)12/h2-4,11-12H,1H3. The SMILES string of the molecule is CC(O)c1cc(Cl)cc(Cl)c1O. The van der Waals surface area contributed by atoms with Crippen molar-refractivity contribution < 1.29 is 10.2 Å². The molecule has 0 aliphatic carbocycles. The van der Waals surface area contributed by atoms with Crippen LogP contribution < -0.4 is 0 Å². The molecule has 1 aromatic carbocycles. The lowest BCUT2D eigenvalue weighted by Crippen LogP contribution is -1.91. The Morgan fingerprint density at radius 3 is 2.42 bits per heavy atom. The molecule has 0 fully saturated rings. The van der Waals surface area contributed by atoms with Crippen LogP contribution in [0.1, 0.15) is 18.6 Å². The number of phenolic OH excluding ortho intramolecular Hbond substituents is 1. The van der Waals surface area contributed by atoms with Crippen molar-refractivity contribution in [2.24, 2.45) is 0 Å². The highest BCUT2D eigenvalue weighted by molar-refractivity contribution is 6.35. The predicted octanol–water partition coefficient (Wildman–Crippen LogP) is 2.75. The van der Waals surface area contributed by atoms with Crippen LogP contribution in [0.5, 0.6) is 5.75 Å². The van der Waals surface area contributed by atoms with Gasteiger partial charge in [-0.25, -0.2) is 0 Å². The summed E-state index contributed by atoms with van der Waals surface area (Å²) in [6, 6.07) is 2.90. The summed E-state index contributed by atoms with van der Waals surface area (Å²) in [4.78, 5) is 0. The zero-order chi connectivity index (χ0) is 9.30. The number of hydrogen-bond acceptors (Lipinski definition) is 2. The summed E-state index contributed by atoms with van der Waals surface area (Å²) < 4.78 is 0. The number of rotatable bonds is 1. The van der Waals surface area contributed by atoms with Gasteiger partial charge in [-0.15, -0.1) is 0 Å². The van der Waals surface area contributed by atoms with Crippen LogP contribution in [-0.4, -0.2) is 10.2 Å². The summed E-state index contributed by atoms with van der Waals surface area (Å²) in [6.07, 6.45) is -0.777. The molecule has 1 aromatic rings. The van der Waals surface area contributed by atoms with Gasteiger partial charge in [0.15, 0.2) is 0 Å². The molecule has 2 nitrogen and oxygen atoms in total. The lowest BCUT2D eigenvalue weighted by Gasteiger charge is -2.08. The Hall–Kier alpha value is -0.440. The van der Waals surface area contributed by atoms with E-state index in [0.717, 1.165) is 0 Å². The van der Waals surface area contributed by atoms with E-state index in [4.69, 9.17) is 23.2 Å². The maximum Gasteiger partial charge on any atom is 0.140 e. The van der Waals surface area contributed by atoms with Gasteiger partial charge in [-0.3, -0.25) is 0 Å². The van der Waals surface area contributed by atoms with Gasteiger partial charge < -0.3 is 10.2 Å². The number of aliphatic hydroxyl groups excluding tert-OH is 1. The molecule has 0 bridgehead atoms. The summed E-state index contributed by atoms with van der Waals surface area (Å²) in [5.74, 6) is -0.115. The van der Waals surface area contributed by atoms with Crippen LogP contribution >= 0.6 is 23.2 Å². The molecular weight excluding hydrogens is 199 g/mol. The molecule has 0 saturated carbocycles. The van der Waals surface area contributed by atoms with Gasteiger partial charge in [0.1, 0.15) is 5.75 Å². The van der Waals surface area contributed by atoms with E-state index >= 15 is 0 Å². The second-order valence-corrected chi connectivity index (χ2v) is 3.35. The van der Waals surface area contributed by atoms with E-state index in [2.05, 4.69) is 0 Å². The zero-order valence-corrected chi connectivity index (χ0v) is 7.89. The van der Waals surface area contributed by atoms with Gasteiger partial charge in [0.2, 0.25) is 0 Å². The molecule has 0 aromatic heterocycles. The van der Waals surface area contributed by atoms with Gasteiger partial charge in [0.05, 0.1) is 11.1 Å². The van der Waals surface area contributed by atoms with Crippen LogP contribution in [0.15, 0.2) is 12.1 Å². The van der Waals surface area contributed by atoms with Gasteiger partial charge >= 0.3 is 0 Å². The maximum atomic E-state index is 9.34. The largest absolute Gasteiger partial charge is 0.506 e. The first-order valence-electron chi connectivity index (χ1n) is 3.38. The van der Waals surface area contributed by atoms with Crippen molar-refractivity contribution in [2.45, 2.75) is 13.0 Å².